The number of pyridine rings is 1. The molecule has 0 saturated carbocycles. The fraction of sp³-hybridized carbons (Fsp3) is 0.455. The number of carbonyl (C=O) groups is 1. The van der Waals surface area contributed by atoms with E-state index in [0.29, 0.717) is 5.56 Å². The van der Waals surface area contributed by atoms with Crippen molar-refractivity contribution in [3.63, 3.8) is 0 Å². The van der Waals surface area contributed by atoms with Gasteiger partial charge in [0.1, 0.15) is 0 Å². The second-order valence-corrected chi connectivity index (χ2v) is 4.58. The molecule has 1 N–H and O–H groups in total. The van der Waals surface area contributed by atoms with Crippen molar-refractivity contribution in [2.45, 2.75) is 27.2 Å². The summed E-state index contributed by atoms with van der Waals surface area (Å²) in [6, 6.07) is 1.77. The molecule has 1 heterocycles. The van der Waals surface area contributed by atoms with Crippen molar-refractivity contribution < 1.29 is 9.90 Å². The molecule has 0 amide bonds. The molecular weight excluding hydrogens is 249 g/mol. The van der Waals surface area contributed by atoms with E-state index in [4.69, 9.17) is 5.11 Å². The van der Waals surface area contributed by atoms with Gasteiger partial charge in [-0.15, -0.1) is 24.8 Å². The average molecular weight is 266 g/mol. The molecule has 0 aromatic carbocycles. The van der Waals surface area contributed by atoms with E-state index in [9.17, 15) is 4.79 Å². The Morgan fingerprint density at radius 1 is 1.38 bits per heavy atom. The second kappa shape index (κ2) is 6.71. The first kappa shape index (κ1) is 17.6. The summed E-state index contributed by atoms with van der Waals surface area (Å²) in [4.78, 5) is 14.7. The van der Waals surface area contributed by atoms with Gasteiger partial charge >= 0.3 is 5.97 Å². The summed E-state index contributed by atoms with van der Waals surface area (Å²) in [5.41, 5.74) is 1.24. The monoisotopic (exact) mass is 265 g/mol. The molecule has 0 bridgehead atoms. The predicted octanol–water partition coefficient (Wildman–Crippen LogP) is 3.21. The maximum absolute atomic E-state index is 10.9. The van der Waals surface area contributed by atoms with Crippen LogP contribution in [0.25, 0.3) is 0 Å². The maximum atomic E-state index is 10.9. The number of aromatic nitrogens is 1. The molecule has 5 heteroatoms. The number of hydrogen-bond acceptors (Lipinski definition) is 2. The molecule has 0 spiro atoms. The van der Waals surface area contributed by atoms with Gasteiger partial charge in [-0.1, -0.05) is 20.8 Å². The smallest absolute Gasteiger partial charge is 0.337 e. The molecule has 0 atom stereocenters. The highest BCUT2D eigenvalue weighted by Gasteiger charge is 2.16. The fourth-order valence-electron chi connectivity index (χ4n) is 1.34. The Kier molecular flexibility index (Phi) is 7.38. The van der Waals surface area contributed by atoms with Crippen LogP contribution in [0.3, 0.4) is 0 Å². The second-order valence-electron chi connectivity index (χ2n) is 4.58. The van der Waals surface area contributed by atoms with Crippen LogP contribution >= 0.6 is 24.8 Å². The molecule has 0 aliphatic rings. The minimum absolute atomic E-state index is 0. The van der Waals surface area contributed by atoms with Crippen LogP contribution in [-0.2, 0) is 6.42 Å². The SMILES string of the molecule is CC(C)(C)Cc1ccncc1C(=O)O.Cl.Cl. The van der Waals surface area contributed by atoms with Crippen LogP contribution in [0.15, 0.2) is 18.5 Å². The summed E-state index contributed by atoms with van der Waals surface area (Å²) in [5, 5.41) is 8.92. The number of halogens is 2. The van der Waals surface area contributed by atoms with Crippen LogP contribution in [0.2, 0.25) is 0 Å². The van der Waals surface area contributed by atoms with Gasteiger partial charge in [0.05, 0.1) is 5.56 Å². The van der Waals surface area contributed by atoms with Gasteiger partial charge in [0.15, 0.2) is 0 Å². The van der Waals surface area contributed by atoms with E-state index in [-0.39, 0.29) is 30.2 Å². The summed E-state index contributed by atoms with van der Waals surface area (Å²) in [6.45, 7) is 6.25. The largest absolute Gasteiger partial charge is 0.478 e. The highest BCUT2D eigenvalue weighted by atomic mass is 35.5. The van der Waals surface area contributed by atoms with E-state index in [1.807, 2.05) is 0 Å². The van der Waals surface area contributed by atoms with Crippen LogP contribution in [0, 0.1) is 5.41 Å². The van der Waals surface area contributed by atoms with E-state index < -0.39 is 5.97 Å². The fourth-order valence-corrected chi connectivity index (χ4v) is 1.34. The summed E-state index contributed by atoms with van der Waals surface area (Å²) in [6.07, 6.45) is 3.79. The van der Waals surface area contributed by atoms with E-state index in [0.717, 1.165) is 12.0 Å². The highest BCUT2D eigenvalue weighted by molar-refractivity contribution is 5.88. The van der Waals surface area contributed by atoms with E-state index >= 15 is 0 Å². The average Bonchev–Trinajstić information content (AvgIpc) is 2.01. The lowest BCUT2D eigenvalue weighted by Gasteiger charge is -2.18. The Bertz CT molecular complexity index is 348. The van der Waals surface area contributed by atoms with Gasteiger partial charge in [0.25, 0.3) is 0 Å². The third kappa shape index (κ3) is 5.33. The zero-order valence-electron chi connectivity index (χ0n) is 9.56. The van der Waals surface area contributed by atoms with Crippen molar-refractivity contribution in [3.8, 4) is 0 Å². The van der Waals surface area contributed by atoms with Gasteiger partial charge in [-0.3, -0.25) is 4.98 Å². The molecule has 1 rings (SSSR count). The molecule has 0 radical (unpaired) electrons. The highest BCUT2D eigenvalue weighted by Crippen LogP contribution is 2.22. The quantitative estimate of drug-likeness (QED) is 0.894. The lowest BCUT2D eigenvalue weighted by molar-refractivity contribution is 0.0695. The van der Waals surface area contributed by atoms with Crippen LogP contribution in [0.4, 0.5) is 0 Å². The Morgan fingerprint density at radius 3 is 2.38 bits per heavy atom. The molecule has 92 valence electrons. The first-order chi connectivity index (χ1) is 6.40. The first-order valence-corrected chi connectivity index (χ1v) is 4.56. The molecule has 3 nitrogen and oxygen atoms in total. The molecular formula is C11H17Cl2NO2. The number of nitrogens with zero attached hydrogens (tertiary/aromatic N) is 1. The minimum Gasteiger partial charge on any atom is -0.478 e. The topological polar surface area (TPSA) is 50.2 Å². The molecule has 0 unspecified atom stereocenters. The van der Waals surface area contributed by atoms with Crippen molar-refractivity contribution in [2.75, 3.05) is 0 Å². The Morgan fingerprint density at radius 2 is 1.94 bits per heavy atom. The van der Waals surface area contributed by atoms with Gasteiger partial charge in [0.2, 0.25) is 0 Å². The molecule has 0 saturated heterocycles. The summed E-state index contributed by atoms with van der Waals surface area (Å²) >= 11 is 0. The lowest BCUT2D eigenvalue weighted by Crippen LogP contribution is -2.13. The number of hydrogen-bond donors (Lipinski definition) is 1. The summed E-state index contributed by atoms with van der Waals surface area (Å²) in [7, 11) is 0. The summed E-state index contributed by atoms with van der Waals surface area (Å²) < 4.78 is 0. The van der Waals surface area contributed by atoms with E-state index in [1.54, 1.807) is 12.3 Å². The molecule has 0 aliphatic carbocycles. The van der Waals surface area contributed by atoms with Crippen molar-refractivity contribution >= 4 is 30.8 Å². The van der Waals surface area contributed by atoms with E-state index in [1.165, 1.54) is 6.20 Å². The molecule has 0 fully saturated rings. The number of aromatic carboxylic acids is 1. The van der Waals surface area contributed by atoms with Crippen molar-refractivity contribution in [1.82, 2.24) is 4.98 Å². The van der Waals surface area contributed by atoms with Gasteiger partial charge in [0, 0.05) is 12.4 Å². The van der Waals surface area contributed by atoms with Crippen LogP contribution in [-0.4, -0.2) is 16.1 Å². The number of carboxylic acid groups (broad SMARTS) is 1. The van der Waals surface area contributed by atoms with Crippen molar-refractivity contribution in [3.05, 3.63) is 29.6 Å². The predicted molar refractivity (Wildman–Crippen MR) is 68.9 cm³/mol. The number of rotatable bonds is 2. The third-order valence-corrected chi connectivity index (χ3v) is 1.86. The Hall–Kier alpha value is -0.800. The third-order valence-electron chi connectivity index (χ3n) is 1.86. The van der Waals surface area contributed by atoms with E-state index in [2.05, 4.69) is 25.8 Å². The lowest BCUT2D eigenvalue weighted by atomic mass is 9.87. The number of carboxylic acids is 1. The zero-order chi connectivity index (χ0) is 10.8. The standard InChI is InChI=1S/C11H15NO2.2ClH/c1-11(2,3)6-8-4-5-12-7-9(8)10(13)14;;/h4-5,7H,6H2,1-3H3,(H,13,14);2*1H. The van der Waals surface area contributed by atoms with Gasteiger partial charge in [-0.25, -0.2) is 4.79 Å². The van der Waals surface area contributed by atoms with Crippen LogP contribution < -0.4 is 0 Å². The molecule has 1 aromatic heterocycles. The zero-order valence-corrected chi connectivity index (χ0v) is 11.2. The maximum Gasteiger partial charge on any atom is 0.337 e. The van der Waals surface area contributed by atoms with Crippen LogP contribution in [0.1, 0.15) is 36.7 Å². The van der Waals surface area contributed by atoms with Crippen molar-refractivity contribution in [1.29, 1.82) is 0 Å². The van der Waals surface area contributed by atoms with Crippen LogP contribution in [0.5, 0.6) is 0 Å². The summed E-state index contributed by atoms with van der Waals surface area (Å²) in [5.74, 6) is -0.905. The Labute approximate surface area is 108 Å². The van der Waals surface area contributed by atoms with Gasteiger partial charge in [-0.05, 0) is 23.5 Å². The van der Waals surface area contributed by atoms with Gasteiger partial charge in [-0.2, -0.15) is 0 Å². The van der Waals surface area contributed by atoms with Gasteiger partial charge < -0.3 is 5.11 Å². The first-order valence-electron chi connectivity index (χ1n) is 4.56. The minimum atomic E-state index is -0.905. The molecule has 1 aromatic rings. The normalized spacial score (nSPS) is 9.94. The Balaban J connectivity index is 0. The van der Waals surface area contributed by atoms with Crippen molar-refractivity contribution in [2.24, 2.45) is 5.41 Å². The molecule has 0 aliphatic heterocycles. The molecule has 16 heavy (non-hydrogen) atoms.